The zero-order valence-corrected chi connectivity index (χ0v) is 9.49. The number of hydrogen-bond acceptors (Lipinski definition) is 4. The van der Waals surface area contributed by atoms with Gasteiger partial charge in [-0.2, -0.15) is 0 Å². The maximum absolute atomic E-state index is 11.2. The van der Waals surface area contributed by atoms with Gasteiger partial charge in [0, 0.05) is 6.92 Å². The highest BCUT2D eigenvalue weighted by molar-refractivity contribution is 5.85. The Hall–Kier alpha value is -1.43. The van der Waals surface area contributed by atoms with Crippen LogP contribution < -0.4 is 16.4 Å². The van der Waals surface area contributed by atoms with Crippen molar-refractivity contribution < 1.29 is 14.4 Å². The molecular formula is C10H19N3O3. The van der Waals surface area contributed by atoms with E-state index in [1.807, 2.05) is 0 Å². The van der Waals surface area contributed by atoms with Crippen molar-refractivity contribution in [2.24, 2.45) is 5.73 Å². The lowest BCUT2D eigenvalue weighted by molar-refractivity contribution is -0.126. The van der Waals surface area contributed by atoms with E-state index >= 15 is 0 Å². The second-order valence-corrected chi connectivity index (χ2v) is 3.50. The average Bonchev–Trinajstić information content (AvgIpc) is 2.25. The summed E-state index contributed by atoms with van der Waals surface area (Å²) in [5, 5.41) is 4.87. The van der Waals surface area contributed by atoms with E-state index in [2.05, 4.69) is 10.6 Å². The van der Waals surface area contributed by atoms with Gasteiger partial charge in [-0.15, -0.1) is 0 Å². The number of aldehydes is 1. The third-order valence-electron chi connectivity index (χ3n) is 1.98. The predicted molar refractivity (Wildman–Crippen MR) is 59.6 cm³/mol. The molecule has 0 aromatic heterocycles. The molecule has 0 bridgehead atoms. The molecule has 0 aliphatic rings. The van der Waals surface area contributed by atoms with Crippen LogP contribution in [0.15, 0.2) is 0 Å². The molecule has 6 heteroatoms. The quantitative estimate of drug-likeness (QED) is 0.364. The number of amides is 2. The lowest BCUT2D eigenvalue weighted by atomic mass is 10.1. The standard InChI is InChI=1S/C10H19N3O3/c1-8(15)12-6-10(16)13-9(7-14)4-2-3-5-11/h7,9H,2-6,11H2,1H3,(H,12,15)(H,13,16)/t9-/m0/s1. The van der Waals surface area contributed by atoms with Crippen LogP contribution in [-0.2, 0) is 14.4 Å². The van der Waals surface area contributed by atoms with E-state index in [4.69, 9.17) is 5.73 Å². The SMILES string of the molecule is CC(=O)NCC(=O)N[C@H](C=O)CCCCN. The van der Waals surface area contributed by atoms with Crippen LogP contribution in [0.3, 0.4) is 0 Å². The molecule has 16 heavy (non-hydrogen) atoms. The van der Waals surface area contributed by atoms with Crippen LogP contribution in [0.2, 0.25) is 0 Å². The van der Waals surface area contributed by atoms with E-state index in [1.54, 1.807) is 0 Å². The fraction of sp³-hybridized carbons (Fsp3) is 0.700. The molecule has 0 heterocycles. The van der Waals surface area contributed by atoms with Crippen molar-refractivity contribution in [3.8, 4) is 0 Å². The minimum atomic E-state index is -0.493. The van der Waals surface area contributed by atoms with Gasteiger partial charge >= 0.3 is 0 Å². The summed E-state index contributed by atoms with van der Waals surface area (Å²) in [6, 6.07) is -0.493. The maximum atomic E-state index is 11.2. The first kappa shape index (κ1) is 14.6. The van der Waals surface area contributed by atoms with Crippen molar-refractivity contribution in [2.45, 2.75) is 32.2 Å². The minimum absolute atomic E-state index is 0.101. The molecule has 0 rings (SSSR count). The van der Waals surface area contributed by atoms with Crippen LogP contribution in [-0.4, -0.2) is 37.2 Å². The van der Waals surface area contributed by atoms with Gasteiger partial charge < -0.3 is 21.2 Å². The number of hydrogen-bond donors (Lipinski definition) is 3. The van der Waals surface area contributed by atoms with E-state index in [0.717, 1.165) is 12.8 Å². The monoisotopic (exact) mass is 229 g/mol. The summed E-state index contributed by atoms with van der Waals surface area (Å²) in [7, 11) is 0. The topological polar surface area (TPSA) is 101 Å². The van der Waals surface area contributed by atoms with Crippen LogP contribution >= 0.6 is 0 Å². The van der Waals surface area contributed by atoms with Gasteiger partial charge in [-0.05, 0) is 25.8 Å². The van der Waals surface area contributed by atoms with Crippen molar-refractivity contribution >= 4 is 18.1 Å². The van der Waals surface area contributed by atoms with E-state index in [1.165, 1.54) is 6.92 Å². The summed E-state index contributed by atoms with van der Waals surface area (Å²) in [6.45, 7) is 1.80. The van der Waals surface area contributed by atoms with Crippen molar-refractivity contribution in [3.63, 3.8) is 0 Å². The summed E-state index contributed by atoms with van der Waals surface area (Å²) >= 11 is 0. The van der Waals surface area contributed by atoms with Crippen LogP contribution in [0.5, 0.6) is 0 Å². The zero-order chi connectivity index (χ0) is 12.4. The fourth-order valence-electron chi connectivity index (χ4n) is 1.15. The lowest BCUT2D eigenvalue weighted by Gasteiger charge is -2.12. The Kier molecular flexibility index (Phi) is 8.05. The molecule has 0 unspecified atom stereocenters. The average molecular weight is 229 g/mol. The second-order valence-electron chi connectivity index (χ2n) is 3.50. The Balaban J connectivity index is 3.78. The molecule has 0 fully saturated rings. The summed E-state index contributed by atoms with van der Waals surface area (Å²) in [6.07, 6.45) is 2.89. The molecule has 0 aromatic rings. The van der Waals surface area contributed by atoms with Crippen LogP contribution in [0, 0.1) is 0 Å². The zero-order valence-electron chi connectivity index (χ0n) is 9.49. The van der Waals surface area contributed by atoms with E-state index in [0.29, 0.717) is 19.3 Å². The molecule has 0 radical (unpaired) electrons. The first-order valence-electron chi connectivity index (χ1n) is 5.29. The predicted octanol–water partition coefficient (Wildman–Crippen LogP) is -1.06. The second kappa shape index (κ2) is 8.84. The van der Waals surface area contributed by atoms with Gasteiger partial charge in [0.1, 0.15) is 6.29 Å². The van der Waals surface area contributed by atoms with Crippen LogP contribution in [0.25, 0.3) is 0 Å². The molecule has 4 N–H and O–H groups in total. The van der Waals surface area contributed by atoms with Gasteiger partial charge in [-0.3, -0.25) is 9.59 Å². The third kappa shape index (κ3) is 7.93. The van der Waals surface area contributed by atoms with Crippen LogP contribution in [0.1, 0.15) is 26.2 Å². The number of carbonyl (C=O) groups excluding carboxylic acids is 3. The van der Waals surface area contributed by atoms with Crippen LogP contribution in [0.4, 0.5) is 0 Å². The molecule has 0 aromatic carbocycles. The molecule has 0 saturated heterocycles. The molecule has 1 atom stereocenters. The minimum Gasteiger partial charge on any atom is -0.347 e. The van der Waals surface area contributed by atoms with Crippen molar-refractivity contribution in [1.29, 1.82) is 0 Å². The van der Waals surface area contributed by atoms with Gasteiger partial charge in [0.05, 0.1) is 12.6 Å². The molecule has 6 nitrogen and oxygen atoms in total. The normalized spacial score (nSPS) is 11.6. The Bertz CT molecular complexity index is 243. The van der Waals surface area contributed by atoms with Gasteiger partial charge in [-0.25, -0.2) is 0 Å². The molecule has 0 aliphatic carbocycles. The third-order valence-corrected chi connectivity index (χ3v) is 1.98. The molecule has 92 valence electrons. The van der Waals surface area contributed by atoms with Gasteiger partial charge in [0.2, 0.25) is 11.8 Å². The van der Waals surface area contributed by atoms with Gasteiger partial charge in [0.15, 0.2) is 0 Å². The lowest BCUT2D eigenvalue weighted by Crippen LogP contribution is -2.42. The first-order valence-corrected chi connectivity index (χ1v) is 5.29. The first-order chi connectivity index (χ1) is 7.60. The summed E-state index contributed by atoms with van der Waals surface area (Å²) < 4.78 is 0. The van der Waals surface area contributed by atoms with Gasteiger partial charge in [0.25, 0.3) is 0 Å². The summed E-state index contributed by atoms with van der Waals surface area (Å²) in [5.74, 6) is -0.638. The Morgan fingerprint density at radius 1 is 1.38 bits per heavy atom. The smallest absolute Gasteiger partial charge is 0.239 e. The molecular weight excluding hydrogens is 210 g/mol. The highest BCUT2D eigenvalue weighted by Crippen LogP contribution is 1.97. The molecule has 0 saturated carbocycles. The van der Waals surface area contributed by atoms with Crippen molar-refractivity contribution in [2.75, 3.05) is 13.1 Å². The number of nitrogens with two attached hydrogens (primary N) is 1. The summed E-state index contributed by atoms with van der Waals surface area (Å²) in [4.78, 5) is 32.4. The fourth-order valence-corrected chi connectivity index (χ4v) is 1.15. The van der Waals surface area contributed by atoms with Crippen molar-refractivity contribution in [3.05, 3.63) is 0 Å². The van der Waals surface area contributed by atoms with E-state index in [-0.39, 0.29) is 18.4 Å². The van der Waals surface area contributed by atoms with E-state index < -0.39 is 6.04 Å². The largest absolute Gasteiger partial charge is 0.347 e. The Morgan fingerprint density at radius 2 is 2.06 bits per heavy atom. The maximum Gasteiger partial charge on any atom is 0.239 e. The Labute approximate surface area is 94.9 Å². The number of rotatable bonds is 8. The summed E-state index contributed by atoms with van der Waals surface area (Å²) in [5.41, 5.74) is 5.32. The highest BCUT2D eigenvalue weighted by Gasteiger charge is 2.10. The Morgan fingerprint density at radius 3 is 2.56 bits per heavy atom. The van der Waals surface area contributed by atoms with Gasteiger partial charge in [-0.1, -0.05) is 0 Å². The number of unbranched alkanes of at least 4 members (excludes halogenated alkanes) is 1. The van der Waals surface area contributed by atoms with Crippen molar-refractivity contribution in [1.82, 2.24) is 10.6 Å². The molecule has 2 amide bonds. The highest BCUT2D eigenvalue weighted by atomic mass is 16.2. The molecule has 0 spiro atoms. The molecule has 0 aliphatic heterocycles. The number of nitrogens with one attached hydrogen (secondary N) is 2. The number of carbonyl (C=O) groups is 3. The van der Waals surface area contributed by atoms with E-state index in [9.17, 15) is 14.4 Å².